The Kier molecular flexibility index (Phi) is 4.47. The van der Waals surface area contributed by atoms with E-state index in [0.29, 0.717) is 18.5 Å². The zero-order valence-electron chi connectivity index (χ0n) is 13.6. The molecule has 0 aliphatic carbocycles. The van der Waals surface area contributed by atoms with Crippen molar-refractivity contribution in [3.8, 4) is 0 Å². The molecule has 2 atom stereocenters. The molecule has 0 radical (unpaired) electrons. The maximum absolute atomic E-state index is 13.4. The van der Waals surface area contributed by atoms with Crippen LogP contribution in [-0.2, 0) is 10.3 Å². The molecule has 1 N–H and O–H groups in total. The molecule has 1 heterocycles. The lowest BCUT2D eigenvalue weighted by Crippen LogP contribution is -2.49. The number of carbonyl (C=O) groups excluding carboxylic acids is 1. The second-order valence-electron chi connectivity index (χ2n) is 6.99. The zero-order valence-corrected chi connectivity index (χ0v) is 13.6. The number of hydrogen-bond donors (Lipinski definition) is 1. The van der Waals surface area contributed by atoms with E-state index in [1.54, 1.807) is 44.7 Å². The number of halogens is 1. The van der Waals surface area contributed by atoms with E-state index in [4.69, 9.17) is 4.74 Å². The van der Waals surface area contributed by atoms with Crippen LogP contribution in [0.25, 0.3) is 0 Å². The molecule has 22 heavy (non-hydrogen) atoms. The van der Waals surface area contributed by atoms with Gasteiger partial charge in [0.15, 0.2) is 0 Å². The van der Waals surface area contributed by atoms with Crippen molar-refractivity contribution in [2.75, 3.05) is 6.54 Å². The smallest absolute Gasteiger partial charge is 0.410 e. The van der Waals surface area contributed by atoms with E-state index in [1.807, 2.05) is 0 Å². The first-order valence-electron chi connectivity index (χ1n) is 7.59. The van der Waals surface area contributed by atoms with Crippen molar-refractivity contribution >= 4 is 6.09 Å². The van der Waals surface area contributed by atoms with Crippen molar-refractivity contribution < 1.29 is 19.0 Å². The fourth-order valence-corrected chi connectivity index (χ4v) is 2.89. The minimum absolute atomic E-state index is 0.403. The summed E-state index contributed by atoms with van der Waals surface area (Å²) in [5, 5.41) is 10.9. The molecular weight excluding hydrogens is 285 g/mol. The van der Waals surface area contributed by atoms with Crippen molar-refractivity contribution in [2.24, 2.45) is 0 Å². The summed E-state index contributed by atoms with van der Waals surface area (Å²) in [6.07, 6.45) is 1.00. The SMILES string of the molecule is CC(C)(C)OC(=O)N1CCC[C@H]1[C@](C)(O)c1cccc(F)c1. The van der Waals surface area contributed by atoms with Gasteiger partial charge >= 0.3 is 6.09 Å². The Morgan fingerprint density at radius 2 is 2.05 bits per heavy atom. The van der Waals surface area contributed by atoms with Crippen molar-refractivity contribution in [3.63, 3.8) is 0 Å². The number of aliphatic hydroxyl groups is 1. The largest absolute Gasteiger partial charge is 0.444 e. The summed E-state index contributed by atoms with van der Waals surface area (Å²) >= 11 is 0. The topological polar surface area (TPSA) is 49.8 Å². The van der Waals surface area contributed by atoms with Crippen LogP contribution in [0.15, 0.2) is 24.3 Å². The average molecular weight is 309 g/mol. The molecule has 1 amide bonds. The first-order valence-corrected chi connectivity index (χ1v) is 7.59. The summed E-state index contributed by atoms with van der Waals surface area (Å²) < 4.78 is 18.9. The Morgan fingerprint density at radius 1 is 1.36 bits per heavy atom. The highest BCUT2D eigenvalue weighted by Crippen LogP contribution is 2.35. The van der Waals surface area contributed by atoms with E-state index in [0.717, 1.165) is 6.42 Å². The van der Waals surface area contributed by atoms with Gasteiger partial charge in [-0.25, -0.2) is 9.18 Å². The molecule has 0 saturated carbocycles. The van der Waals surface area contributed by atoms with Gasteiger partial charge in [-0.1, -0.05) is 12.1 Å². The minimum atomic E-state index is -1.32. The van der Waals surface area contributed by atoms with Crippen LogP contribution in [-0.4, -0.2) is 34.3 Å². The molecule has 1 saturated heterocycles. The minimum Gasteiger partial charge on any atom is -0.444 e. The number of hydrogen-bond acceptors (Lipinski definition) is 3. The van der Waals surface area contributed by atoms with Crippen LogP contribution in [0.2, 0.25) is 0 Å². The van der Waals surface area contributed by atoms with Crippen LogP contribution in [0, 0.1) is 5.82 Å². The first-order chi connectivity index (χ1) is 10.1. The van der Waals surface area contributed by atoms with E-state index < -0.39 is 29.2 Å². The molecule has 1 aromatic carbocycles. The van der Waals surface area contributed by atoms with Gasteiger partial charge in [-0.15, -0.1) is 0 Å². The third-order valence-corrected chi connectivity index (χ3v) is 3.94. The van der Waals surface area contributed by atoms with E-state index >= 15 is 0 Å². The Labute approximate surface area is 130 Å². The highest BCUT2D eigenvalue weighted by atomic mass is 19.1. The Bertz CT molecular complexity index is 551. The second-order valence-corrected chi connectivity index (χ2v) is 6.99. The van der Waals surface area contributed by atoms with Crippen LogP contribution >= 0.6 is 0 Å². The molecule has 5 heteroatoms. The van der Waals surface area contributed by atoms with Crippen LogP contribution in [0.5, 0.6) is 0 Å². The number of amides is 1. The lowest BCUT2D eigenvalue weighted by Gasteiger charge is -2.37. The number of nitrogens with zero attached hydrogens (tertiary/aromatic N) is 1. The normalized spacial score (nSPS) is 21.5. The zero-order chi connectivity index (χ0) is 16.5. The standard InChI is InChI=1S/C17H24FNO3/c1-16(2,3)22-15(20)19-10-6-9-14(19)17(4,21)12-7-5-8-13(18)11-12/h5,7-8,11,14,21H,6,9-10H2,1-4H3/t14-,17+/m0/s1. The summed E-state index contributed by atoms with van der Waals surface area (Å²) in [5.74, 6) is -0.403. The van der Waals surface area contributed by atoms with Gasteiger partial charge < -0.3 is 14.7 Å². The highest BCUT2D eigenvalue weighted by Gasteiger charge is 2.44. The fourth-order valence-electron chi connectivity index (χ4n) is 2.89. The Hall–Kier alpha value is -1.62. The number of benzene rings is 1. The molecule has 1 fully saturated rings. The predicted molar refractivity (Wildman–Crippen MR) is 81.9 cm³/mol. The monoisotopic (exact) mass is 309 g/mol. The fraction of sp³-hybridized carbons (Fsp3) is 0.588. The highest BCUT2D eigenvalue weighted by molar-refractivity contribution is 5.69. The number of ether oxygens (including phenoxy) is 1. The predicted octanol–water partition coefficient (Wildman–Crippen LogP) is 3.43. The first kappa shape index (κ1) is 16.7. The molecule has 2 rings (SSSR count). The van der Waals surface area contributed by atoms with Gasteiger partial charge in [-0.2, -0.15) is 0 Å². The van der Waals surface area contributed by atoms with Gasteiger partial charge in [-0.3, -0.25) is 0 Å². The maximum Gasteiger partial charge on any atom is 0.410 e. The quantitative estimate of drug-likeness (QED) is 0.910. The number of carbonyl (C=O) groups is 1. The molecule has 4 nitrogen and oxygen atoms in total. The lowest BCUT2D eigenvalue weighted by molar-refractivity contribution is -0.0371. The molecule has 1 aliphatic heterocycles. The molecule has 1 aliphatic rings. The average Bonchev–Trinajstić information content (AvgIpc) is 2.86. The van der Waals surface area contributed by atoms with Crippen LogP contribution in [0.4, 0.5) is 9.18 Å². The van der Waals surface area contributed by atoms with Crippen molar-refractivity contribution in [1.29, 1.82) is 0 Å². The van der Waals surface area contributed by atoms with Crippen molar-refractivity contribution in [1.82, 2.24) is 4.90 Å². The van der Waals surface area contributed by atoms with Crippen LogP contribution < -0.4 is 0 Å². The van der Waals surface area contributed by atoms with Gasteiger partial charge in [0, 0.05) is 6.54 Å². The second kappa shape index (κ2) is 5.88. The van der Waals surface area contributed by atoms with E-state index in [1.165, 1.54) is 12.1 Å². The summed E-state index contributed by atoms with van der Waals surface area (Å²) in [4.78, 5) is 13.9. The van der Waals surface area contributed by atoms with Crippen molar-refractivity contribution in [2.45, 2.75) is 57.8 Å². The van der Waals surface area contributed by atoms with Gasteiger partial charge in [0.05, 0.1) is 6.04 Å². The summed E-state index contributed by atoms with van der Waals surface area (Å²) in [7, 11) is 0. The van der Waals surface area contributed by atoms with Gasteiger partial charge in [-0.05, 0) is 58.2 Å². The van der Waals surface area contributed by atoms with E-state index in [-0.39, 0.29) is 0 Å². The molecule has 122 valence electrons. The molecule has 0 spiro atoms. The van der Waals surface area contributed by atoms with Crippen LogP contribution in [0.3, 0.4) is 0 Å². The molecular formula is C17H24FNO3. The number of rotatable bonds is 2. The molecule has 0 bridgehead atoms. The Morgan fingerprint density at radius 3 is 2.64 bits per heavy atom. The summed E-state index contributed by atoms with van der Waals surface area (Å²) in [6.45, 7) is 7.57. The van der Waals surface area contributed by atoms with Crippen LogP contribution in [0.1, 0.15) is 46.1 Å². The van der Waals surface area contributed by atoms with Gasteiger partial charge in [0.25, 0.3) is 0 Å². The molecule has 0 aromatic heterocycles. The summed E-state index contributed by atoms with van der Waals surface area (Å²) in [5.41, 5.74) is -1.45. The number of likely N-dealkylation sites (tertiary alicyclic amines) is 1. The Balaban J connectivity index is 2.24. The molecule has 1 aromatic rings. The van der Waals surface area contributed by atoms with E-state index in [2.05, 4.69) is 0 Å². The van der Waals surface area contributed by atoms with Gasteiger partial charge in [0.2, 0.25) is 0 Å². The lowest BCUT2D eigenvalue weighted by atomic mass is 9.86. The van der Waals surface area contributed by atoms with Crippen molar-refractivity contribution in [3.05, 3.63) is 35.6 Å². The van der Waals surface area contributed by atoms with Gasteiger partial charge in [0.1, 0.15) is 17.0 Å². The van der Waals surface area contributed by atoms with E-state index in [9.17, 15) is 14.3 Å². The summed E-state index contributed by atoms with van der Waals surface area (Å²) in [6, 6.07) is 5.45. The third kappa shape index (κ3) is 3.58. The maximum atomic E-state index is 13.4. The molecule has 0 unspecified atom stereocenters. The third-order valence-electron chi connectivity index (χ3n) is 3.94.